The van der Waals surface area contributed by atoms with Gasteiger partial charge in [0.1, 0.15) is 4.83 Å². The molecule has 1 N–H and O–H groups in total. The largest absolute Gasteiger partial charge is 0.418 e. The number of aromatic amines is 1. The summed E-state index contributed by atoms with van der Waals surface area (Å²) in [5.41, 5.74) is 0.918. The molecule has 0 aliphatic heterocycles. The minimum atomic E-state index is 0.169. The van der Waals surface area contributed by atoms with E-state index in [4.69, 9.17) is 16.3 Å². The highest BCUT2D eigenvalue weighted by atomic mass is 35.5. The standard InChI is InChI=1S/C10H7ClN4OS/c1-5-4-7(15-14-5)16-8-6-2-3-17-9(6)13-10(11)12-8/h2-4H,1H3,(H,14,15). The molecule has 0 spiro atoms. The molecule has 0 fully saturated rings. The number of hydrogen-bond donors (Lipinski definition) is 1. The van der Waals surface area contributed by atoms with Gasteiger partial charge < -0.3 is 4.74 Å². The van der Waals surface area contributed by atoms with Gasteiger partial charge >= 0.3 is 0 Å². The topological polar surface area (TPSA) is 63.7 Å². The summed E-state index contributed by atoms with van der Waals surface area (Å²) in [6.45, 7) is 1.90. The third-order valence-corrected chi connectivity index (χ3v) is 3.12. The average Bonchev–Trinajstić information content (AvgIpc) is 2.87. The maximum atomic E-state index is 5.83. The van der Waals surface area contributed by atoms with Crippen LogP contribution in [0.15, 0.2) is 17.5 Å². The number of ether oxygens (including phenoxy) is 1. The lowest BCUT2D eigenvalue weighted by Gasteiger charge is -2.02. The Hall–Kier alpha value is -1.66. The van der Waals surface area contributed by atoms with Crippen LogP contribution in [0, 0.1) is 6.92 Å². The lowest BCUT2D eigenvalue weighted by Crippen LogP contribution is -1.91. The Balaban J connectivity index is 2.07. The summed E-state index contributed by atoms with van der Waals surface area (Å²) in [6, 6.07) is 3.68. The molecule has 5 nitrogen and oxygen atoms in total. The van der Waals surface area contributed by atoms with E-state index in [2.05, 4.69) is 20.2 Å². The van der Waals surface area contributed by atoms with Crippen molar-refractivity contribution in [1.29, 1.82) is 0 Å². The van der Waals surface area contributed by atoms with E-state index in [-0.39, 0.29) is 5.28 Å². The monoisotopic (exact) mass is 266 g/mol. The Morgan fingerprint density at radius 3 is 3.06 bits per heavy atom. The Labute approximate surface area is 105 Å². The molecule has 3 heterocycles. The molecular formula is C10H7ClN4OS. The van der Waals surface area contributed by atoms with Gasteiger partial charge in [0.2, 0.25) is 17.0 Å². The third-order valence-electron chi connectivity index (χ3n) is 2.15. The van der Waals surface area contributed by atoms with Gasteiger partial charge in [-0.05, 0) is 30.0 Å². The van der Waals surface area contributed by atoms with E-state index in [0.29, 0.717) is 11.8 Å². The first kappa shape index (κ1) is 10.5. The summed E-state index contributed by atoms with van der Waals surface area (Å²) in [7, 11) is 0. The zero-order chi connectivity index (χ0) is 11.8. The lowest BCUT2D eigenvalue weighted by atomic mass is 10.4. The molecule has 86 valence electrons. The Morgan fingerprint density at radius 2 is 2.29 bits per heavy atom. The summed E-state index contributed by atoms with van der Waals surface area (Å²) in [5, 5.41) is 9.70. The third kappa shape index (κ3) is 1.96. The summed E-state index contributed by atoms with van der Waals surface area (Å²) >= 11 is 7.32. The van der Waals surface area contributed by atoms with E-state index in [9.17, 15) is 0 Å². The van der Waals surface area contributed by atoms with Crippen molar-refractivity contribution in [2.75, 3.05) is 0 Å². The number of hydrogen-bond acceptors (Lipinski definition) is 5. The molecule has 0 saturated carbocycles. The van der Waals surface area contributed by atoms with Crippen molar-refractivity contribution in [2.45, 2.75) is 6.92 Å². The molecule has 0 aliphatic rings. The van der Waals surface area contributed by atoms with E-state index in [0.717, 1.165) is 15.9 Å². The molecule has 0 amide bonds. The van der Waals surface area contributed by atoms with Crippen LogP contribution in [0.25, 0.3) is 10.2 Å². The molecule has 3 aromatic heterocycles. The van der Waals surface area contributed by atoms with Crippen LogP contribution in [0.2, 0.25) is 5.28 Å². The summed E-state index contributed by atoms with van der Waals surface area (Å²) in [6.07, 6.45) is 0. The second-order valence-corrected chi connectivity index (χ2v) is 4.66. The number of halogens is 1. The van der Waals surface area contributed by atoms with Gasteiger partial charge in [0.25, 0.3) is 0 Å². The fraction of sp³-hybridized carbons (Fsp3) is 0.100. The second-order valence-electron chi connectivity index (χ2n) is 3.43. The van der Waals surface area contributed by atoms with E-state index >= 15 is 0 Å². The summed E-state index contributed by atoms with van der Waals surface area (Å²) in [4.78, 5) is 8.97. The SMILES string of the molecule is Cc1cc(Oc2nc(Cl)nc3sccc23)n[nH]1. The molecule has 3 rings (SSSR count). The zero-order valence-corrected chi connectivity index (χ0v) is 10.3. The van der Waals surface area contributed by atoms with Gasteiger partial charge in [0, 0.05) is 11.8 Å². The highest BCUT2D eigenvalue weighted by molar-refractivity contribution is 7.16. The predicted molar refractivity (Wildman–Crippen MR) is 65.8 cm³/mol. The number of H-pyrrole nitrogens is 1. The van der Waals surface area contributed by atoms with Gasteiger partial charge in [0.15, 0.2) is 0 Å². The van der Waals surface area contributed by atoms with Gasteiger partial charge in [-0.25, -0.2) is 4.98 Å². The Morgan fingerprint density at radius 1 is 1.41 bits per heavy atom. The molecule has 0 unspecified atom stereocenters. The van der Waals surface area contributed by atoms with E-state index in [1.54, 1.807) is 6.07 Å². The van der Waals surface area contributed by atoms with E-state index < -0.39 is 0 Å². The maximum Gasteiger partial charge on any atom is 0.240 e. The number of nitrogens with one attached hydrogen (secondary N) is 1. The van der Waals surface area contributed by atoms with Crippen molar-refractivity contribution in [1.82, 2.24) is 20.2 Å². The lowest BCUT2D eigenvalue weighted by molar-refractivity contribution is 0.448. The fourth-order valence-corrected chi connectivity index (χ4v) is 2.39. The van der Waals surface area contributed by atoms with Crippen molar-refractivity contribution in [2.24, 2.45) is 0 Å². The van der Waals surface area contributed by atoms with Crippen molar-refractivity contribution in [3.8, 4) is 11.8 Å². The van der Waals surface area contributed by atoms with Crippen molar-refractivity contribution in [3.63, 3.8) is 0 Å². The fourth-order valence-electron chi connectivity index (χ4n) is 1.43. The molecular weight excluding hydrogens is 260 g/mol. The highest BCUT2D eigenvalue weighted by Gasteiger charge is 2.11. The number of thiophene rings is 1. The minimum Gasteiger partial charge on any atom is -0.418 e. The first-order chi connectivity index (χ1) is 8.22. The average molecular weight is 267 g/mol. The number of aromatic nitrogens is 4. The van der Waals surface area contributed by atoms with Crippen LogP contribution in [0.1, 0.15) is 5.69 Å². The first-order valence-corrected chi connectivity index (χ1v) is 6.09. The van der Waals surface area contributed by atoms with Crippen LogP contribution >= 0.6 is 22.9 Å². The minimum absolute atomic E-state index is 0.169. The van der Waals surface area contributed by atoms with Gasteiger partial charge in [-0.15, -0.1) is 16.4 Å². The number of rotatable bonds is 2. The Bertz CT molecular complexity index is 678. The highest BCUT2D eigenvalue weighted by Crippen LogP contribution is 2.30. The molecule has 7 heteroatoms. The van der Waals surface area contributed by atoms with Gasteiger partial charge in [-0.1, -0.05) is 0 Å². The van der Waals surface area contributed by atoms with Gasteiger partial charge in [-0.3, -0.25) is 5.10 Å². The molecule has 0 aliphatic carbocycles. The van der Waals surface area contributed by atoms with E-state index in [1.807, 2.05) is 18.4 Å². The van der Waals surface area contributed by atoms with Crippen LogP contribution < -0.4 is 4.74 Å². The second kappa shape index (κ2) is 3.97. The van der Waals surface area contributed by atoms with Crippen LogP contribution in [-0.4, -0.2) is 20.2 Å². The van der Waals surface area contributed by atoms with Gasteiger partial charge in [0.05, 0.1) is 5.39 Å². The van der Waals surface area contributed by atoms with Crippen LogP contribution in [0.5, 0.6) is 11.8 Å². The number of aryl methyl sites for hydroxylation is 1. The zero-order valence-electron chi connectivity index (χ0n) is 8.77. The quantitative estimate of drug-likeness (QED) is 0.724. The maximum absolute atomic E-state index is 5.83. The molecule has 3 aromatic rings. The molecule has 0 aromatic carbocycles. The molecule has 0 bridgehead atoms. The van der Waals surface area contributed by atoms with Crippen molar-refractivity contribution in [3.05, 3.63) is 28.5 Å². The van der Waals surface area contributed by atoms with Crippen LogP contribution in [0.3, 0.4) is 0 Å². The Kier molecular flexibility index (Phi) is 2.45. The van der Waals surface area contributed by atoms with E-state index in [1.165, 1.54) is 11.3 Å². The van der Waals surface area contributed by atoms with Gasteiger partial charge in [-0.2, -0.15) is 4.98 Å². The molecule has 0 saturated heterocycles. The summed E-state index contributed by atoms with van der Waals surface area (Å²) < 4.78 is 5.58. The van der Waals surface area contributed by atoms with Crippen LogP contribution in [0.4, 0.5) is 0 Å². The molecule has 0 atom stereocenters. The normalized spacial score (nSPS) is 10.9. The summed E-state index contributed by atoms with van der Waals surface area (Å²) in [5.74, 6) is 0.887. The smallest absolute Gasteiger partial charge is 0.240 e. The molecule has 17 heavy (non-hydrogen) atoms. The van der Waals surface area contributed by atoms with Crippen molar-refractivity contribution < 1.29 is 4.74 Å². The first-order valence-electron chi connectivity index (χ1n) is 4.83. The molecule has 0 radical (unpaired) electrons. The number of fused-ring (bicyclic) bond motifs is 1. The number of nitrogens with zero attached hydrogens (tertiary/aromatic N) is 3. The van der Waals surface area contributed by atoms with Crippen molar-refractivity contribution >= 4 is 33.2 Å². The van der Waals surface area contributed by atoms with Crippen LogP contribution in [-0.2, 0) is 0 Å². The predicted octanol–water partition coefficient (Wildman–Crippen LogP) is 3.17.